The zero-order valence-corrected chi connectivity index (χ0v) is 12.1. The summed E-state index contributed by atoms with van der Waals surface area (Å²) < 4.78 is 4.80. The molecule has 1 aromatic heterocycles. The van der Waals surface area contributed by atoms with E-state index in [2.05, 4.69) is 0 Å². The number of benzene rings is 1. The lowest BCUT2D eigenvalue weighted by molar-refractivity contribution is 0.0556. The molecule has 0 atom stereocenters. The molecular formula is C15H12N2O3S. The van der Waals surface area contributed by atoms with Gasteiger partial charge in [0, 0.05) is 7.05 Å². The van der Waals surface area contributed by atoms with Crippen molar-refractivity contribution < 1.29 is 14.3 Å². The summed E-state index contributed by atoms with van der Waals surface area (Å²) in [7, 11) is 1.60. The Balaban J connectivity index is 2.29. The van der Waals surface area contributed by atoms with Crippen molar-refractivity contribution in [1.29, 1.82) is 5.26 Å². The fourth-order valence-electron chi connectivity index (χ4n) is 1.79. The van der Waals surface area contributed by atoms with Gasteiger partial charge in [0.1, 0.15) is 6.07 Å². The van der Waals surface area contributed by atoms with Gasteiger partial charge in [-0.2, -0.15) is 5.26 Å². The molecule has 21 heavy (non-hydrogen) atoms. The second-order valence-electron chi connectivity index (χ2n) is 4.09. The maximum atomic E-state index is 12.3. The summed E-state index contributed by atoms with van der Waals surface area (Å²) in [4.78, 5) is 26.2. The van der Waals surface area contributed by atoms with Crippen molar-refractivity contribution in [2.45, 2.75) is 0 Å². The van der Waals surface area contributed by atoms with Gasteiger partial charge in [0.25, 0.3) is 5.91 Å². The maximum Gasteiger partial charge on any atom is 0.341 e. The first-order valence-corrected chi connectivity index (χ1v) is 6.97. The minimum absolute atomic E-state index is 0.203. The molecule has 0 radical (unpaired) electrons. The summed E-state index contributed by atoms with van der Waals surface area (Å²) in [6.07, 6.45) is 0. The van der Waals surface area contributed by atoms with E-state index in [1.807, 2.05) is 5.38 Å². The molecule has 0 saturated heterocycles. The smallest absolute Gasteiger partial charge is 0.341 e. The van der Waals surface area contributed by atoms with Crippen molar-refractivity contribution in [2.75, 3.05) is 18.6 Å². The lowest BCUT2D eigenvalue weighted by atomic mass is 10.1. The third-order valence-electron chi connectivity index (χ3n) is 2.79. The van der Waals surface area contributed by atoms with Crippen LogP contribution in [0.4, 0.5) is 5.69 Å². The van der Waals surface area contributed by atoms with Crippen molar-refractivity contribution in [3.8, 4) is 6.07 Å². The number of ether oxygens (including phenoxy) is 1. The molecule has 1 heterocycles. The Labute approximate surface area is 126 Å². The minimum Gasteiger partial charge on any atom is -0.447 e. The molecule has 0 aliphatic carbocycles. The van der Waals surface area contributed by atoms with Crippen LogP contribution in [0.15, 0.2) is 41.8 Å². The second-order valence-corrected chi connectivity index (χ2v) is 5.04. The number of thiophene rings is 1. The molecule has 1 aromatic carbocycles. The van der Waals surface area contributed by atoms with Gasteiger partial charge in [-0.1, -0.05) is 18.2 Å². The van der Waals surface area contributed by atoms with Crippen LogP contribution in [-0.4, -0.2) is 25.5 Å². The van der Waals surface area contributed by atoms with E-state index in [4.69, 9.17) is 10.00 Å². The van der Waals surface area contributed by atoms with E-state index in [0.29, 0.717) is 10.6 Å². The summed E-state index contributed by atoms with van der Waals surface area (Å²) in [6.45, 7) is -0.324. The third kappa shape index (κ3) is 3.27. The van der Waals surface area contributed by atoms with E-state index in [1.54, 1.807) is 49.5 Å². The number of carbonyl (C=O) groups excluding carboxylic acids is 2. The fraction of sp³-hybridized carbons (Fsp3) is 0.133. The van der Waals surface area contributed by atoms with Crippen LogP contribution in [0.1, 0.15) is 20.0 Å². The van der Waals surface area contributed by atoms with Crippen molar-refractivity contribution in [2.24, 2.45) is 0 Å². The minimum atomic E-state index is -0.627. The lowest BCUT2D eigenvalue weighted by Crippen LogP contribution is -2.27. The van der Waals surface area contributed by atoms with Crippen LogP contribution < -0.4 is 4.90 Å². The zero-order chi connectivity index (χ0) is 15.2. The number of rotatable bonds is 4. The molecule has 0 N–H and O–H groups in total. The first kappa shape index (κ1) is 14.8. The molecule has 0 saturated carbocycles. The predicted molar refractivity (Wildman–Crippen MR) is 79.4 cm³/mol. The Morgan fingerprint density at radius 2 is 2.05 bits per heavy atom. The standard InChI is InChI=1S/C15H12N2O3S/c1-17(14(18)13-7-4-10-21-13)12-6-3-2-5-11(12)15(19)20-9-8-16/h2-7,10H,9H2,1H3. The van der Waals surface area contributed by atoms with Crippen LogP contribution in [0, 0.1) is 11.3 Å². The number of para-hydroxylation sites is 1. The van der Waals surface area contributed by atoms with Gasteiger partial charge >= 0.3 is 5.97 Å². The number of nitriles is 1. The van der Waals surface area contributed by atoms with Gasteiger partial charge < -0.3 is 9.64 Å². The Morgan fingerprint density at radius 3 is 2.71 bits per heavy atom. The molecule has 2 rings (SSSR count). The maximum absolute atomic E-state index is 12.3. The van der Waals surface area contributed by atoms with Gasteiger partial charge in [0.15, 0.2) is 6.61 Å². The lowest BCUT2D eigenvalue weighted by Gasteiger charge is -2.19. The van der Waals surface area contributed by atoms with Crippen LogP contribution in [0.25, 0.3) is 0 Å². The van der Waals surface area contributed by atoms with Gasteiger partial charge in [-0.25, -0.2) is 4.79 Å². The number of amides is 1. The number of nitrogens with zero attached hydrogens (tertiary/aromatic N) is 2. The second kappa shape index (κ2) is 6.68. The molecule has 0 unspecified atom stereocenters. The quantitative estimate of drug-likeness (QED) is 0.814. The van der Waals surface area contributed by atoms with E-state index < -0.39 is 5.97 Å². The molecule has 0 spiro atoms. The van der Waals surface area contributed by atoms with Crippen LogP contribution in [0.2, 0.25) is 0 Å². The number of anilines is 1. The average molecular weight is 300 g/mol. The average Bonchev–Trinajstić information content (AvgIpc) is 3.05. The number of esters is 1. The monoisotopic (exact) mass is 300 g/mol. The van der Waals surface area contributed by atoms with Crippen LogP contribution in [0.5, 0.6) is 0 Å². The molecule has 0 fully saturated rings. The van der Waals surface area contributed by atoms with Crippen molar-refractivity contribution in [3.63, 3.8) is 0 Å². The van der Waals surface area contributed by atoms with E-state index in [9.17, 15) is 9.59 Å². The Kier molecular flexibility index (Phi) is 4.69. The summed E-state index contributed by atoms with van der Waals surface area (Å²) in [6, 6.07) is 11.9. The summed E-state index contributed by atoms with van der Waals surface area (Å²) in [5, 5.41) is 10.3. The van der Waals surface area contributed by atoms with Gasteiger partial charge in [0.2, 0.25) is 0 Å². The van der Waals surface area contributed by atoms with Crippen LogP contribution in [-0.2, 0) is 4.74 Å². The largest absolute Gasteiger partial charge is 0.447 e. The fourth-order valence-corrected chi connectivity index (χ4v) is 2.49. The Morgan fingerprint density at radius 1 is 1.29 bits per heavy atom. The number of hydrogen-bond donors (Lipinski definition) is 0. The summed E-state index contributed by atoms with van der Waals surface area (Å²) >= 11 is 1.33. The first-order chi connectivity index (χ1) is 10.1. The molecule has 0 aliphatic rings. The Hall–Kier alpha value is -2.65. The topological polar surface area (TPSA) is 70.4 Å². The van der Waals surface area contributed by atoms with Crippen LogP contribution in [0.3, 0.4) is 0 Å². The highest BCUT2D eigenvalue weighted by Crippen LogP contribution is 2.23. The normalized spacial score (nSPS) is 9.71. The van der Waals surface area contributed by atoms with Crippen molar-refractivity contribution in [3.05, 3.63) is 52.2 Å². The predicted octanol–water partition coefficient (Wildman–Crippen LogP) is 2.71. The van der Waals surface area contributed by atoms with Crippen molar-refractivity contribution in [1.82, 2.24) is 0 Å². The summed E-state index contributed by atoms with van der Waals surface area (Å²) in [5.41, 5.74) is 0.694. The highest BCUT2D eigenvalue weighted by Gasteiger charge is 2.20. The number of carbonyl (C=O) groups is 2. The van der Waals surface area contributed by atoms with Crippen molar-refractivity contribution >= 4 is 28.9 Å². The van der Waals surface area contributed by atoms with Gasteiger partial charge in [0.05, 0.1) is 16.1 Å². The van der Waals surface area contributed by atoms with E-state index in [1.165, 1.54) is 16.2 Å². The van der Waals surface area contributed by atoms with Gasteiger partial charge in [-0.05, 0) is 23.6 Å². The molecule has 0 aliphatic heterocycles. The zero-order valence-electron chi connectivity index (χ0n) is 11.3. The van der Waals surface area contributed by atoms with Gasteiger partial charge in [-0.15, -0.1) is 11.3 Å². The molecule has 0 bridgehead atoms. The van der Waals surface area contributed by atoms with Crippen LogP contribution >= 0.6 is 11.3 Å². The van der Waals surface area contributed by atoms with E-state index in [0.717, 1.165) is 0 Å². The molecule has 2 aromatic rings. The molecule has 1 amide bonds. The highest BCUT2D eigenvalue weighted by molar-refractivity contribution is 7.12. The summed E-state index contributed by atoms with van der Waals surface area (Å²) in [5.74, 6) is -0.830. The highest BCUT2D eigenvalue weighted by atomic mass is 32.1. The first-order valence-electron chi connectivity index (χ1n) is 6.10. The SMILES string of the molecule is CN(C(=O)c1cccs1)c1ccccc1C(=O)OCC#N. The van der Waals surface area contributed by atoms with E-state index in [-0.39, 0.29) is 18.1 Å². The molecule has 106 valence electrons. The van der Waals surface area contributed by atoms with Gasteiger partial charge in [-0.3, -0.25) is 4.79 Å². The molecule has 5 nitrogen and oxygen atoms in total. The molecular weight excluding hydrogens is 288 g/mol. The third-order valence-corrected chi connectivity index (χ3v) is 3.65. The van der Waals surface area contributed by atoms with E-state index >= 15 is 0 Å². The number of hydrogen-bond acceptors (Lipinski definition) is 5. The Bertz CT molecular complexity index is 689. The molecule has 6 heteroatoms.